The molecule has 2 heterocycles. The van der Waals surface area contributed by atoms with Crippen LogP contribution in [0.15, 0.2) is 12.5 Å². The number of aromatic nitrogens is 2. The summed E-state index contributed by atoms with van der Waals surface area (Å²) < 4.78 is 25.6. The van der Waals surface area contributed by atoms with E-state index in [-0.39, 0.29) is 5.25 Å². The molecular weight excluding hydrogens is 250 g/mol. The number of nitrogens with zero attached hydrogens (tertiary/aromatic N) is 2. The van der Waals surface area contributed by atoms with Crippen molar-refractivity contribution in [3.05, 3.63) is 18.2 Å². The van der Waals surface area contributed by atoms with E-state index < -0.39 is 9.84 Å². The Hall–Kier alpha value is -0.880. The largest absolute Gasteiger partial charge is 0.330 e. The van der Waals surface area contributed by atoms with E-state index in [0.29, 0.717) is 24.9 Å². The number of sulfone groups is 1. The molecule has 100 valence electrons. The van der Waals surface area contributed by atoms with Crippen LogP contribution in [0.4, 0.5) is 0 Å². The molecule has 6 heteroatoms. The lowest BCUT2D eigenvalue weighted by Gasteiger charge is -2.11. The summed E-state index contributed by atoms with van der Waals surface area (Å²) >= 11 is 0. The molecule has 5 nitrogen and oxygen atoms in total. The summed E-state index contributed by atoms with van der Waals surface area (Å²) in [5.74, 6) is 0.360. The summed E-state index contributed by atoms with van der Waals surface area (Å²) in [5, 5.41) is 3.08. The fraction of sp³-hybridized carbons (Fsp3) is 0.750. The molecule has 3 rings (SSSR count). The summed E-state index contributed by atoms with van der Waals surface area (Å²) in [7, 11) is -2.83. The zero-order chi connectivity index (χ0) is 12.6. The van der Waals surface area contributed by atoms with Crippen LogP contribution in [0.2, 0.25) is 0 Å². The maximum atomic E-state index is 11.7. The topological polar surface area (TPSA) is 64.0 Å². The Kier molecular flexibility index (Phi) is 3.15. The van der Waals surface area contributed by atoms with E-state index in [0.717, 1.165) is 18.5 Å². The van der Waals surface area contributed by atoms with Gasteiger partial charge < -0.3 is 9.88 Å². The Labute approximate surface area is 108 Å². The average molecular weight is 269 g/mol. The van der Waals surface area contributed by atoms with Gasteiger partial charge in [0.05, 0.1) is 23.0 Å². The van der Waals surface area contributed by atoms with Gasteiger partial charge in [0.15, 0.2) is 9.84 Å². The van der Waals surface area contributed by atoms with Crippen molar-refractivity contribution in [3.8, 4) is 0 Å². The third-order valence-corrected chi connectivity index (χ3v) is 6.10. The van der Waals surface area contributed by atoms with Crippen molar-refractivity contribution in [1.29, 1.82) is 0 Å². The third kappa shape index (κ3) is 2.44. The molecule has 1 unspecified atom stereocenters. The van der Waals surface area contributed by atoms with Crippen LogP contribution >= 0.6 is 0 Å². The minimum atomic E-state index is -2.83. The smallest absolute Gasteiger partial charge is 0.154 e. The van der Waals surface area contributed by atoms with Gasteiger partial charge in [-0.1, -0.05) is 0 Å². The molecule has 1 aromatic rings. The Morgan fingerprint density at radius 1 is 1.39 bits per heavy atom. The molecule has 1 saturated heterocycles. The zero-order valence-electron chi connectivity index (χ0n) is 10.4. The Morgan fingerprint density at radius 3 is 2.89 bits per heavy atom. The molecule has 1 aromatic heterocycles. The van der Waals surface area contributed by atoms with Crippen LogP contribution in [-0.4, -0.2) is 35.5 Å². The average Bonchev–Trinajstić information content (AvgIpc) is 2.97. The molecule has 0 spiro atoms. The summed E-state index contributed by atoms with van der Waals surface area (Å²) in [4.78, 5) is 4.17. The minimum Gasteiger partial charge on any atom is -0.330 e. The Morgan fingerprint density at radius 2 is 2.22 bits per heavy atom. The monoisotopic (exact) mass is 269 g/mol. The first-order chi connectivity index (χ1) is 8.67. The standard InChI is InChI=1S/C12H19N3O2S/c16-18(17)5-1-2-12(18)8-13-6-11-7-14-9-15(11)10-3-4-10/h7,9-10,12-13H,1-6,8H2. The molecule has 1 aliphatic carbocycles. The minimum absolute atomic E-state index is 0.185. The van der Waals surface area contributed by atoms with E-state index >= 15 is 0 Å². The zero-order valence-corrected chi connectivity index (χ0v) is 11.2. The third-order valence-electron chi connectivity index (χ3n) is 3.83. The fourth-order valence-electron chi connectivity index (χ4n) is 2.60. The van der Waals surface area contributed by atoms with E-state index in [2.05, 4.69) is 14.9 Å². The van der Waals surface area contributed by atoms with E-state index in [4.69, 9.17) is 0 Å². The van der Waals surface area contributed by atoms with Gasteiger partial charge in [0.1, 0.15) is 0 Å². The number of nitrogens with one attached hydrogen (secondary N) is 1. The second kappa shape index (κ2) is 4.66. The van der Waals surface area contributed by atoms with Gasteiger partial charge in [-0.3, -0.25) is 0 Å². The molecule has 0 radical (unpaired) electrons. The predicted molar refractivity (Wildman–Crippen MR) is 69.0 cm³/mol. The first kappa shape index (κ1) is 12.2. The maximum absolute atomic E-state index is 11.7. The van der Waals surface area contributed by atoms with Crippen molar-refractivity contribution in [2.75, 3.05) is 12.3 Å². The Balaban J connectivity index is 1.54. The lowest BCUT2D eigenvalue weighted by atomic mass is 10.2. The first-order valence-electron chi connectivity index (χ1n) is 6.60. The number of imidazole rings is 1. The van der Waals surface area contributed by atoms with Crippen molar-refractivity contribution < 1.29 is 8.42 Å². The van der Waals surface area contributed by atoms with E-state index in [1.807, 2.05) is 12.5 Å². The van der Waals surface area contributed by atoms with Crippen LogP contribution in [-0.2, 0) is 16.4 Å². The molecule has 1 atom stereocenters. The Bertz CT molecular complexity index is 519. The molecule has 1 saturated carbocycles. The first-order valence-corrected chi connectivity index (χ1v) is 8.31. The second-order valence-electron chi connectivity index (χ2n) is 5.29. The normalized spacial score (nSPS) is 26.6. The van der Waals surface area contributed by atoms with E-state index in [1.54, 1.807) is 0 Å². The number of hydrogen-bond donors (Lipinski definition) is 1. The molecule has 18 heavy (non-hydrogen) atoms. The van der Waals surface area contributed by atoms with Gasteiger partial charge in [-0.05, 0) is 25.7 Å². The lowest BCUT2D eigenvalue weighted by molar-refractivity contribution is 0.565. The van der Waals surface area contributed by atoms with Gasteiger partial charge in [-0.15, -0.1) is 0 Å². The molecule has 0 amide bonds. The molecular formula is C12H19N3O2S. The molecule has 2 aliphatic rings. The van der Waals surface area contributed by atoms with Gasteiger partial charge in [-0.2, -0.15) is 0 Å². The lowest BCUT2D eigenvalue weighted by Crippen LogP contribution is -2.30. The van der Waals surface area contributed by atoms with Crippen LogP contribution < -0.4 is 5.32 Å². The highest BCUT2D eigenvalue weighted by molar-refractivity contribution is 7.92. The molecule has 2 fully saturated rings. The van der Waals surface area contributed by atoms with Gasteiger partial charge in [-0.25, -0.2) is 13.4 Å². The molecule has 0 aromatic carbocycles. The van der Waals surface area contributed by atoms with Crippen molar-refractivity contribution >= 4 is 9.84 Å². The van der Waals surface area contributed by atoms with E-state index in [9.17, 15) is 8.42 Å². The highest BCUT2D eigenvalue weighted by Gasteiger charge is 2.31. The van der Waals surface area contributed by atoms with Crippen LogP contribution in [0.25, 0.3) is 0 Å². The van der Waals surface area contributed by atoms with Crippen molar-refractivity contribution in [2.45, 2.75) is 43.5 Å². The molecule has 1 N–H and O–H groups in total. The second-order valence-corrected chi connectivity index (χ2v) is 7.69. The van der Waals surface area contributed by atoms with Crippen molar-refractivity contribution in [1.82, 2.24) is 14.9 Å². The molecule has 1 aliphatic heterocycles. The SMILES string of the molecule is O=S1(=O)CCCC1CNCc1cncn1C1CC1. The van der Waals surface area contributed by atoms with Crippen LogP contribution in [0, 0.1) is 0 Å². The maximum Gasteiger partial charge on any atom is 0.154 e. The van der Waals surface area contributed by atoms with Crippen molar-refractivity contribution in [2.24, 2.45) is 0 Å². The van der Waals surface area contributed by atoms with Crippen LogP contribution in [0.5, 0.6) is 0 Å². The molecule has 0 bridgehead atoms. The number of hydrogen-bond acceptors (Lipinski definition) is 4. The highest BCUT2D eigenvalue weighted by atomic mass is 32.2. The summed E-state index contributed by atoms with van der Waals surface area (Å²) in [6.45, 7) is 1.28. The van der Waals surface area contributed by atoms with Gasteiger partial charge in [0.25, 0.3) is 0 Å². The summed E-state index contributed by atoms with van der Waals surface area (Å²) in [6, 6.07) is 0.625. The van der Waals surface area contributed by atoms with Gasteiger partial charge in [0, 0.05) is 25.3 Å². The quantitative estimate of drug-likeness (QED) is 0.862. The summed E-state index contributed by atoms with van der Waals surface area (Å²) in [5.41, 5.74) is 1.16. The van der Waals surface area contributed by atoms with Gasteiger partial charge in [0.2, 0.25) is 0 Å². The predicted octanol–water partition coefficient (Wildman–Crippen LogP) is 0.885. The van der Waals surface area contributed by atoms with Crippen LogP contribution in [0.3, 0.4) is 0 Å². The summed E-state index contributed by atoms with van der Waals surface area (Å²) in [6.07, 6.45) is 7.84. The highest BCUT2D eigenvalue weighted by Crippen LogP contribution is 2.35. The van der Waals surface area contributed by atoms with Gasteiger partial charge >= 0.3 is 0 Å². The fourth-order valence-corrected chi connectivity index (χ4v) is 4.40. The van der Waals surface area contributed by atoms with E-state index in [1.165, 1.54) is 12.8 Å². The number of rotatable bonds is 5. The van der Waals surface area contributed by atoms with Crippen LogP contribution in [0.1, 0.15) is 37.4 Å². The van der Waals surface area contributed by atoms with Crippen molar-refractivity contribution in [3.63, 3.8) is 0 Å².